The Morgan fingerprint density at radius 3 is 2.56 bits per heavy atom. The fourth-order valence-corrected chi connectivity index (χ4v) is 4.21. The number of hydrogen-bond donors (Lipinski definition) is 1. The lowest BCUT2D eigenvalue weighted by Crippen LogP contribution is -2.41. The van der Waals surface area contributed by atoms with Gasteiger partial charge in [0, 0.05) is 43.0 Å². The van der Waals surface area contributed by atoms with Crippen LogP contribution < -0.4 is 9.64 Å². The molecular formula is C25H34N4O5. The van der Waals surface area contributed by atoms with Crippen molar-refractivity contribution in [3.63, 3.8) is 0 Å². The van der Waals surface area contributed by atoms with E-state index in [1.165, 1.54) is 6.33 Å². The molecule has 1 unspecified atom stereocenters. The molecule has 9 nitrogen and oxygen atoms in total. The van der Waals surface area contributed by atoms with Crippen LogP contribution in [0.4, 0.5) is 10.5 Å². The maximum absolute atomic E-state index is 12.6. The van der Waals surface area contributed by atoms with E-state index in [0.29, 0.717) is 48.9 Å². The predicted molar refractivity (Wildman–Crippen MR) is 130 cm³/mol. The van der Waals surface area contributed by atoms with Gasteiger partial charge < -0.3 is 24.4 Å². The SMILES string of the molecule is CCOc1cc(-c2cc(C(=O)O)c(C)c(N(CC)C3CCN(C(=O)OC(C)(C)C)C3)c2)ncn1. The first-order valence-corrected chi connectivity index (χ1v) is 11.6. The zero-order chi connectivity index (χ0) is 25.0. The van der Waals surface area contributed by atoms with E-state index in [4.69, 9.17) is 9.47 Å². The van der Waals surface area contributed by atoms with Gasteiger partial charge in [-0.3, -0.25) is 0 Å². The van der Waals surface area contributed by atoms with Crippen LogP contribution in [0.1, 0.15) is 57.0 Å². The first-order valence-electron chi connectivity index (χ1n) is 11.6. The van der Waals surface area contributed by atoms with Crippen molar-refractivity contribution >= 4 is 17.7 Å². The molecule has 9 heteroatoms. The maximum atomic E-state index is 12.6. The average Bonchev–Trinajstić information content (AvgIpc) is 3.24. The quantitative estimate of drug-likeness (QED) is 0.635. The summed E-state index contributed by atoms with van der Waals surface area (Å²) in [5, 5.41) is 9.90. The molecule has 1 aliphatic heterocycles. The number of carbonyl (C=O) groups excluding carboxylic acids is 1. The highest BCUT2D eigenvalue weighted by Crippen LogP contribution is 2.34. The third-order valence-electron chi connectivity index (χ3n) is 5.75. The van der Waals surface area contributed by atoms with Crippen LogP contribution in [0.25, 0.3) is 11.3 Å². The molecule has 0 spiro atoms. The van der Waals surface area contributed by atoms with Crippen LogP contribution >= 0.6 is 0 Å². The Hall–Kier alpha value is -3.36. The monoisotopic (exact) mass is 470 g/mol. The summed E-state index contributed by atoms with van der Waals surface area (Å²) in [6.45, 7) is 13.5. The number of anilines is 1. The molecule has 0 bridgehead atoms. The van der Waals surface area contributed by atoms with Crippen LogP contribution in [0.3, 0.4) is 0 Å². The van der Waals surface area contributed by atoms with Crippen molar-refractivity contribution in [2.75, 3.05) is 31.1 Å². The summed E-state index contributed by atoms with van der Waals surface area (Å²) in [5.41, 5.74) is 2.39. The summed E-state index contributed by atoms with van der Waals surface area (Å²) in [5.74, 6) is -0.569. The van der Waals surface area contributed by atoms with E-state index in [0.717, 1.165) is 12.1 Å². The zero-order valence-corrected chi connectivity index (χ0v) is 20.8. The summed E-state index contributed by atoms with van der Waals surface area (Å²) in [7, 11) is 0. The van der Waals surface area contributed by atoms with E-state index in [-0.39, 0.29) is 17.7 Å². The van der Waals surface area contributed by atoms with Crippen LogP contribution in [-0.4, -0.2) is 69.9 Å². The normalized spacial score (nSPS) is 15.8. The van der Waals surface area contributed by atoms with E-state index >= 15 is 0 Å². The number of rotatable bonds is 7. The van der Waals surface area contributed by atoms with Crippen molar-refractivity contribution in [2.45, 2.75) is 59.6 Å². The van der Waals surface area contributed by atoms with E-state index < -0.39 is 11.6 Å². The minimum atomic E-state index is -1.00. The van der Waals surface area contributed by atoms with Gasteiger partial charge in [-0.05, 0) is 65.7 Å². The molecule has 1 N–H and O–H groups in total. The van der Waals surface area contributed by atoms with Crippen molar-refractivity contribution in [3.8, 4) is 17.1 Å². The van der Waals surface area contributed by atoms with E-state index in [2.05, 4.69) is 14.9 Å². The molecule has 2 heterocycles. The Morgan fingerprint density at radius 2 is 1.94 bits per heavy atom. The molecule has 3 rings (SSSR count). The summed E-state index contributed by atoms with van der Waals surface area (Å²) in [6, 6.07) is 5.34. The Labute approximate surface area is 200 Å². The van der Waals surface area contributed by atoms with Crippen LogP contribution in [0.15, 0.2) is 24.5 Å². The number of carboxylic acids is 1. The number of aromatic nitrogens is 2. The van der Waals surface area contributed by atoms with Crippen LogP contribution in [0.5, 0.6) is 5.88 Å². The number of likely N-dealkylation sites (N-methyl/N-ethyl adjacent to an activating group) is 1. The van der Waals surface area contributed by atoms with Gasteiger partial charge in [0.15, 0.2) is 0 Å². The third kappa shape index (κ3) is 5.76. The number of hydrogen-bond acceptors (Lipinski definition) is 7. The van der Waals surface area contributed by atoms with Gasteiger partial charge in [-0.1, -0.05) is 0 Å². The van der Waals surface area contributed by atoms with Crippen LogP contribution in [0, 0.1) is 6.92 Å². The van der Waals surface area contributed by atoms with Crippen molar-refractivity contribution in [3.05, 3.63) is 35.7 Å². The largest absolute Gasteiger partial charge is 0.478 e. The molecule has 1 saturated heterocycles. The minimum absolute atomic E-state index is 0.0394. The second kappa shape index (κ2) is 10.3. The molecule has 1 aliphatic rings. The van der Waals surface area contributed by atoms with Crippen LogP contribution in [-0.2, 0) is 4.74 Å². The maximum Gasteiger partial charge on any atom is 0.410 e. The number of amides is 1. The molecule has 1 amide bonds. The standard InChI is InChI=1S/C25H34N4O5/c1-7-29(18-9-10-28(14-18)24(32)34-25(4,5)6)21-12-17(11-19(16(21)3)23(30)31)20-13-22(33-8-2)27-15-26-20/h11-13,15,18H,7-10,14H2,1-6H3,(H,30,31). The molecule has 1 aromatic carbocycles. The van der Waals surface area contributed by atoms with Gasteiger partial charge in [0.25, 0.3) is 0 Å². The number of ether oxygens (including phenoxy) is 2. The van der Waals surface area contributed by atoms with E-state index in [1.54, 1.807) is 17.0 Å². The lowest BCUT2D eigenvalue weighted by atomic mass is 9.98. The fourth-order valence-electron chi connectivity index (χ4n) is 4.21. The second-order valence-electron chi connectivity index (χ2n) is 9.30. The van der Waals surface area contributed by atoms with E-state index in [1.807, 2.05) is 47.6 Å². The summed E-state index contributed by atoms with van der Waals surface area (Å²) < 4.78 is 11.0. The Balaban J connectivity index is 1.96. The molecule has 0 radical (unpaired) electrons. The number of nitrogens with zero attached hydrogens (tertiary/aromatic N) is 4. The summed E-state index contributed by atoms with van der Waals surface area (Å²) >= 11 is 0. The molecule has 2 aromatic rings. The molecule has 184 valence electrons. The highest BCUT2D eigenvalue weighted by molar-refractivity contribution is 5.93. The molecule has 0 saturated carbocycles. The Kier molecular flexibility index (Phi) is 7.64. The van der Waals surface area contributed by atoms with Gasteiger partial charge in [-0.15, -0.1) is 0 Å². The number of carbonyl (C=O) groups is 2. The highest BCUT2D eigenvalue weighted by Gasteiger charge is 2.33. The van der Waals surface area contributed by atoms with Gasteiger partial charge in [0.05, 0.1) is 17.9 Å². The van der Waals surface area contributed by atoms with Crippen molar-refractivity contribution in [1.82, 2.24) is 14.9 Å². The number of benzene rings is 1. The topological polar surface area (TPSA) is 105 Å². The summed E-state index contributed by atoms with van der Waals surface area (Å²) in [4.78, 5) is 37.0. The lowest BCUT2D eigenvalue weighted by molar-refractivity contribution is 0.0292. The molecular weight excluding hydrogens is 436 g/mol. The van der Waals surface area contributed by atoms with Gasteiger partial charge in [-0.25, -0.2) is 19.6 Å². The fraction of sp³-hybridized carbons (Fsp3) is 0.520. The first kappa shape index (κ1) is 25.3. The van der Waals surface area contributed by atoms with Gasteiger partial charge in [0.1, 0.15) is 11.9 Å². The van der Waals surface area contributed by atoms with Crippen molar-refractivity contribution in [2.24, 2.45) is 0 Å². The van der Waals surface area contributed by atoms with Crippen molar-refractivity contribution < 1.29 is 24.2 Å². The number of carboxylic acid groups (broad SMARTS) is 1. The first-order chi connectivity index (χ1) is 16.0. The van der Waals surface area contributed by atoms with E-state index in [9.17, 15) is 14.7 Å². The van der Waals surface area contributed by atoms with Gasteiger partial charge in [-0.2, -0.15) is 0 Å². The Bertz CT molecular complexity index is 1050. The van der Waals surface area contributed by atoms with Crippen LogP contribution in [0.2, 0.25) is 0 Å². The molecule has 34 heavy (non-hydrogen) atoms. The average molecular weight is 471 g/mol. The number of aromatic carboxylic acids is 1. The van der Waals surface area contributed by atoms with Gasteiger partial charge >= 0.3 is 12.1 Å². The Morgan fingerprint density at radius 1 is 1.21 bits per heavy atom. The second-order valence-corrected chi connectivity index (χ2v) is 9.30. The smallest absolute Gasteiger partial charge is 0.410 e. The van der Waals surface area contributed by atoms with Gasteiger partial charge in [0.2, 0.25) is 5.88 Å². The predicted octanol–water partition coefficient (Wildman–Crippen LogP) is 4.38. The number of likely N-dealkylation sites (tertiary alicyclic amines) is 1. The molecule has 0 aliphatic carbocycles. The lowest BCUT2D eigenvalue weighted by Gasteiger charge is -2.32. The van der Waals surface area contributed by atoms with Crippen molar-refractivity contribution in [1.29, 1.82) is 0 Å². The third-order valence-corrected chi connectivity index (χ3v) is 5.75. The minimum Gasteiger partial charge on any atom is -0.478 e. The molecule has 1 aromatic heterocycles. The molecule has 1 atom stereocenters. The molecule has 1 fully saturated rings. The zero-order valence-electron chi connectivity index (χ0n) is 20.8. The highest BCUT2D eigenvalue weighted by atomic mass is 16.6. The summed E-state index contributed by atoms with van der Waals surface area (Å²) in [6.07, 6.45) is 1.85.